The maximum absolute atomic E-state index is 11.8. The average Bonchev–Trinajstić information content (AvgIpc) is 2.32. The minimum absolute atomic E-state index is 0.0523. The number of aliphatic hydroxyl groups is 1. The summed E-state index contributed by atoms with van der Waals surface area (Å²) in [6, 6.07) is -0.641. The largest absolute Gasteiger partial charge is 0.390 e. The molecule has 0 bridgehead atoms. The highest BCUT2D eigenvalue weighted by atomic mass is 32.2. The summed E-state index contributed by atoms with van der Waals surface area (Å²) >= 11 is 0. The maximum Gasteiger partial charge on any atom is 0.389 e. The number of rotatable bonds is 4. The van der Waals surface area contributed by atoms with Crippen molar-refractivity contribution in [3.05, 3.63) is 0 Å². The van der Waals surface area contributed by atoms with Crippen LogP contribution in [0.3, 0.4) is 0 Å². The molecule has 1 aliphatic heterocycles. The fraction of sp³-hybridized carbons (Fsp3) is 1.00. The highest BCUT2D eigenvalue weighted by Gasteiger charge is 2.36. The first-order valence-corrected chi connectivity index (χ1v) is 6.70. The SMILES string of the molecule is O=S1(=O)CC(O)C(NCCCC(F)(F)F)C1. The number of sulfone groups is 1. The lowest BCUT2D eigenvalue weighted by molar-refractivity contribution is -0.135. The Morgan fingerprint density at radius 3 is 2.38 bits per heavy atom. The van der Waals surface area contributed by atoms with Crippen LogP contribution in [0.15, 0.2) is 0 Å². The van der Waals surface area contributed by atoms with Gasteiger partial charge in [0.25, 0.3) is 0 Å². The normalized spacial score (nSPS) is 29.5. The van der Waals surface area contributed by atoms with E-state index in [0.29, 0.717) is 0 Å². The second-order valence-corrected chi connectivity index (χ2v) is 6.08. The molecule has 1 fully saturated rings. The number of alkyl halides is 3. The first-order valence-electron chi connectivity index (χ1n) is 4.88. The molecule has 4 nitrogen and oxygen atoms in total. The van der Waals surface area contributed by atoms with Crippen molar-refractivity contribution in [1.82, 2.24) is 5.32 Å². The smallest absolute Gasteiger partial charge is 0.389 e. The van der Waals surface area contributed by atoms with E-state index in [1.165, 1.54) is 0 Å². The van der Waals surface area contributed by atoms with Gasteiger partial charge in [0.2, 0.25) is 0 Å². The molecular formula is C8H14F3NO3S. The molecule has 96 valence electrons. The van der Waals surface area contributed by atoms with Gasteiger partial charge in [-0.1, -0.05) is 0 Å². The summed E-state index contributed by atoms with van der Waals surface area (Å²) in [5.41, 5.74) is 0. The van der Waals surface area contributed by atoms with Gasteiger partial charge in [0, 0.05) is 12.5 Å². The van der Waals surface area contributed by atoms with E-state index in [1.54, 1.807) is 0 Å². The van der Waals surface area contributed by atoms with Crippen LogP contribution in [0.5, 0.6) is 0 Å². The van der Waals surface area contributed by atoms with E-state index in [4.69, 9.17) is 0 Å². The van der Waals surface area contributed by atoms with Gasteiger partial charge in [0.15, 0.2) is 9.84 Å². The number of halogens is 3. The molecule has 0 aromatic rings. The van der Waals surface area contributed by atoms with Crippen molar-refractivity contribution >= 4 is 9.84 Å². The van der Waals surface area contributed by atoms with Crippen LogP contribution in [0.1, 0.15) is 12.8 Å². The Balaban J connectivity index is 2.24. The van der Waals surface area contributed by atoms with Crippen LogP contribution in [-0.4, -0.2) is 49.9 Å². The summed E-state index contributed by atoms with van der Waals surface area (Å²) in [7, 11) is -3.24. The van der Waals surface area contributed by atoms with Crippen molar-refractivity contribution < 1.29 is 26.7 Å². The maximum atomic E-state index is 11.8. The molecule has 0 radical (unpaired) electrons. The molecule has 0 aromatic heterocycles. The quantitative estimate of drug-likeness (QED) is 0.703. The fourth-order valence-corrected chi connectivity index (χ4v) is 3.38. The minimum atomic E-state index is -4.19. The third-order valence-electron chi connectivity index (χ3n) is 2.37. The molecule has 16 heavy (non-hydrogen) atoms. The van der Waals surface area contributed by atoms with Crippen molar-refractivity contribution in [3.8, 4) is 0 Å². The molecule has 1 aliphatic rings. The molecule has 8 heteroatoms. The zero-order chi connectivity index (χ0) is 12.4. The monoisotopic (exact) mass is 261 g/mol. The van der Waals surface area contributed by atoms with Crippen LogP contribution in [0.25, 0.3) is 0 Å². The van der Waals surface area contributed by atoms with E-state index < -0.39 is 34.6 Å². The molecule has 2 N–H and O–H groups in total. The highest BCUT2D eigenvalue weighted by Crippen LogP contribution is 2.21. The second-order valence-electron chi connectivity index (χ2n) is 3.92. The van der Waals surface area contributed by atoms with Crippen molar-refractivity contribution in [3.63, 3.8) is 0 Å². The van der Waals surface area contributed by atoms with Crippen molar-refractivity contribution in [2.24, 2.45) is 0 Å². The fourth-order valence-electron chi connectivity index (χ4n) is 1.60. The molecule has 1 heterocycles. The average molecular weight is 261 g/mol. The Bertz CT molecular complexity index is 328. The van der Waals surface area contributed by atoms with Crippen LogP contribution in [0.2, 0.25) is 0 Å². The highest BCUT2D eigenvalue weighted by molar-refractivity contribution is 7.91. The zero-order valence-electron chi connectivity index (χ0n) is 8.50. The minimum Gasteiger partial charge on any atom is -0.390 e. The number of aliphatic hydroxyl groups excluding tert-OH is 1. The lowest BCUT2D eigenvalue weighted by Crippen LogP contribution is -2.39. The zero-order valence-corrected chi connectivity index (χ0v) is 9.31. The Kier molecular flexibility index (Phi) is 4.19. The molecule has 0 amide bonds. The van der Waals surface area contributed by atoms with Crippen molar-refractivity contribution in [1.29, 1.82) is 0 Å². The van der Waals surface area contributed by atoms with Gasteiger partial charge in [-0.3, -0.25) is 0 Å². The number of hydrogen-bond acceptors (Lipinski definition) is 4. The summed E-state index contributed by atoms with van der Waals surface area (Å²) in [4.78, 5) is 0. The van der Waals surface area contributed by atoms with Gasteiger partial charge in [-0.25, -0.2) is 8.42 Å². The van der Waals surface area contributed by atoms with Gasteiger partial charge in [0.1, 0.15) is 0 Å². The van der Waals surface area contributed by atoms with Crippen molar-refractivity contribution in [2.45, 2.75) is 31.2 Å². The van der Waals surface area contributed by atoms with E-state index in [1.807, 2.05) is 0 Å². The topological polar surface area (TPSA) is 66.4 Å². The summed E-state index contributed by atoms with van der Waals surface area (Å²) in [6.45, 7) is 0.0523. The summed E-state index contributed by atoms with van der Waals surface area (Å²) in [5, 5.41) is 12.0. The number of nitrogens with one attached hydrogen (secondary N) is 1. The lowest BCUT2D eigenvalue weighted by Gasteiger charge is -2.14. The van der Waals surface area contributed by atoms with Crippen LogP contribution in [0, 0.1) is 0 Å². The van der Waals surface area contributed by atoms with Crippen LogP contribution in [0.4, 0.5) is 13.2 Å². The van der Waals surface area contributed by atoms with E-state index in [0.717, 1.165) is 0 Å². The molecular weight excluding hydrogens is 247 g/mol. The predicted molar refractivity (Wildman–Crippen MR) is 51.7 cm³/mol. The molecule has 1 saturated heterocycles. The summed E-state index contributed by atoms with van der Waals surface area (Å²) < 4.78 is 57.5. The molecule has 2 unspecified atom stereocenters. The van der Waals surface area contributed by atoms with E-state index in [-0.39, 0.29) is 24.5 Å². The standard InChI is InChI=1S/C8H14F3NO3S/c9-8(10,11)2-1-3-12-6-4-16(14,15)5-7(6)13/h6-7,12-13H,1-5H2. The summed E-state index contributed by atoms with van der Waals surface area (Å²) in [6.07, 6.45) is -6.24. The Morgan fingerprint density at radius 1 is 1.31 bits per heavy atom. The Hall–Kier alpha value is -0.340. The van der Waals surface area contributed by atoms with Crippen molar-refractivity contribution in [2.75, 3.05) is 18.1 Å². The van der Waals surface area contributed by atoms with Gasteiger partial charge in [0.05, 0.1) is 17.6 Å². The van der Waals surface area contributed by atoms with Gasteiger partial charge in [-0.15, -0.1) is 0 Å². The first kappa shape index (κ1) is 13.7. The molecule has 1 rings (SSSR count). The Labute approximate surface area is 91.8 Å². The molecule has 0 aromatic carbocycles. The van der Waals surface area contributed by atoms with Gasteiger partial charge >= 0.3 is 6.18 Å². The van der Waals surface area contributed by atoms with Gasteiger partial charge in [-0.05, 0) is 13.0 Å². The van der Waals surface area contributed by atoms with Crippen LogP contribution >= 0.6 is 0 Å². The summed E-state index contributed by atoms with van der Waals surface area (Å²) in [5.74, 6) is -0.524. The van der Waals surface area contributed by atoms with Crippen LogP contribution in [-0.2, 0) is 9.84 Å². The van der Waals surface area contributed by atoms with Gasteiger partial charge in [-0.2, -0.15) is 13.2 Å². The third kappa shape index (κ3) is 4.67. The molecule has 2 atom stereocenters. The molecule has 0 spiro atoms. The first-order chi connectivity index (χ1) is 7.20. The Morgan fingerprint density at radius 2 is 1.94 bits per heavy atom. The van der Waals surface area contributed by atoms with E-state index >= 15 is 0 Å². The predicted octanol–water partition coefficient (Wildman–Crippen LogP) is 0.0764. The van der Waals surface area contributed by atoms with Crippen LogP contribution < -0.4 is 5.32 Å². The lowest BCUT2D eigenvalue weighted by atomic mass is 10.2. The second kappa shape index (κ2) is 4.89. The molecule has 0 saturated carbocycles. The third-order valence-corrected chi connectivity index (χ3v) is 4.08. The molecule has 0 aliphatic carbocycles. The van der Waals surface area contributed by atoms with Gasteiger partial charge < -0.3 is 10.4 Å². The number of hydrogen-bond donors (Lipinski definition) is 2. The van der Waals surface area contributed by atoms with E-state index in [2.05, 4.69) is 5.32 Å². The van der Waals surface area contributed by atoms with E-state index in [9.17, 15) is 26.7 Å².